The Balaban J connectivity index is 1.26. The molecule has 68 heavy (non-hydrogen) atoms. The molecule has 0 fully saturated rings. The Morgan fingerprint density at radius 3 is 1.38 bits per heavy atom. The number of nitrogens with one attached hydrogen (secondary N) is 5. The summed E-state index contributed by atoms with van der Waals surface area (Å²) in [7, 11) is -5.92. The maximum Gasteiger partial charge on any atom is 0.257 e. The number of aromatic amines is 1. The fourth-order valence-electron chi connectivity index (χ4n) is 7.83. The summed E-state index contributed by atoms with van der Waals surface area (Å²) in [5, 5.41) is 13.1. The number of hydrogen-bond acceptors (Lipinski definition) is 9. The smallest absolute Gasteiger partial charge is 0.257 e. The number of carbonyl (C=O) groups is 2. The average molecular weight is 1020 g/mol. The zero-order chi connectivity index (χ0) is 48.9. The van der Waals surface area contributed by atoms with Crippen LogP contribution in [0.25, 0.3) is 17.0 Å². The number of H-pyrrole nitrogens is 1. The van der Waals surface area contributed by atoms with E-state index in [2.05, 4.69) is 49.1 Å². The van der Waals surface area contributed by atoms with Gasteiger partial charge in [0.2, 0.25) is 25.9 Å². The second kappa shape index (κ2) is 27.4. The predicted octanol–water partition coefficient (Wildman–Crippen LogP) is 12.9. The van der Waals surface area contributed by atoms with Crippen LogP contribution < -0.4 is 24.8 Å². The highest BCUT2D eigenvalue weighted by atomic mass is 35.5. The van der Waals surface area contributed by atoms with Crippen molar-refractivity contribution in [1.29, 1.82) is 0 Å². The number of unbranched alkanes of at least 4 members (excludes halogenated alkanes) is 18. The van der Waals surface area contributed by atoms with E-state index in [9.17, 15) is 26.4 Å². The van der Waals surface area contributed by atoms with Gasteiger partial charge in [0.05, 0.1) is 39.8 Å². The van der Waals surface area contributed by atoms with Gasteiger partial charge >= 0.3 is 0 Å². The first-order chi connectivity index (χ1) is 32.7. The summed E-state index contributed by atoms with van der Waals surface area (Å²) in [5.74, 6) is -0.742. The molecule has 0 atom stereocenters. The lowest BCUT2D eigenvalue weighted by Crippen LogP contribution is -2.18. The number of methoxy groups -OCH3 is 1. The number of rotatable bonds is 32. The molecule has 5 rings (SSSR count). The van der Waals surface area contributed by atoms with Crippen LogP contribution in [0.5, 0.6) is 5.88 Å². The number of ether oxygens (including phenoxy) is 1. The fourth-order valence-corrected chi connectivity index (χ4v) is 10.6. The second-order valence-electron chi connectivity index (χ2n) is 17.3. The van der Waals surface area contributed by atoms with E-state index in [1.807, 2.05) is 0 Å². The minimum atomic E-state index is -3.70. The van der Waals surface area contributed by atoms with Gasteiger partial charge in [-0.25, -0.2) is 21.8 Å². The van der Waals surface area contributed by atoms with Crippen molar-refractivity contribution in [2.75, 3.05) is 38.7 Å². The zero-order valence-corrected chi connectivity index (χ0v) is 42.7. The molecule has 0 aliphatic carbocycles. The highest BCUT2D eigenvalue weighted by molar-refractivity contribution is 7.92. The molecular formula is C49H68Cl2N8O7S2. The van der Waals surface area contributed by atoms with Gasteiger partial charge in [-0.05, 0) is 67.4 Å². The van der Waals surface area contributed by atoms with Crippen LogP contribution in [0.15, 0.2) is 60.7 Å². The van der Waals surface area contributed by atoms with Crippen LogP contribution in [0.2, 0.25) is 10.0 Å². The molecular weight excluding hydrogens is 948 g/mol. The first kappa shape index (κ1) is 54.1. The van der Waals surface area contributed by atoms with Crippen molar-refractivity contribution in [3.63, 3.8) is 0 Å². The summed E-state index contributed by atoms with van der Waals surface area (Å²) in [6.07, 6.45) is 21.6. The molecule has 2 heterocycles. The van der Waals surface area contributed by atoms with Gasteiger partial charge in [0.25, 0.3) is 11.8 Å². The van der Waals surface area contributed by atoms with Crippen molar-refractivity contribution < 1.29 is 31.2 Å². The Hall–Kier alpha value is -4.84. The molecule has 2 aromatic heterocycles. The maximum absolute atomic E-state index is 13.9. The lowest BCUT2D eigenvalue weighted by atomic mass is 10.1. The molecule has 0 saturated carbocycles. The van der Waals surface area contributed by atoms with Crippen LogP contribution >= 0.6 is 23.2 Å². The second-order valence-corrected chi connectivity index (χ2v) is 21.8. The number of halogens is 2. The van der Waals surface area contributed by atoms with Crippen LogP contribution in [0, 0.1) is 0 Å². The summed E-state index contributed by atoms with van der Waals surface area (Å²) < 4.78 is 63.9. The van der Waals surface area contributed by atoms with Crippen molar-refractivity contribution in [2.24, 2.45) is 0 Å². The molecule has 0 saturated heterocycles. The number of fused-ring (bicyclic) bond motifs is 1. The molecule has 3 aromatic carbocycles. The number of amides is 2. The molecule has 15 nitrogen and oxygen atoms in total. The van der Waals surface area contributed by atoms with Crippen LogP contribution in [0.3, 0.4) is 0 Å². The van der Waals surface area contributed by atoms with Gasteiger partial charge in [0.15, 0.2) is 11.5 Å². The molecule has 0 aliphatic heterocycles. The van der Waals surface area contributed by atoms with Gasteiger partial charge < -0.3 is 15.4 Å². The molecule has 0 unspecified atom stereocenters. The highest BCUT2D eigenvalue weighted by Crippen LogP contribution is 2.30. The van der Waals surface area contributed by atoms with E-state index < -0.39 is 31.9 Å². The van der Waals surface area contributed by atoms with E-state index in [0.29, 0.717) is 35.8 Å². The van der Waals surface area contributed by atoms with Crippen LogP contribution in [0.1, 0.15) is 163 Å². The molecule has 372 valence electrons. The minimum Gasteiger partial charge on any atom is -0.480 e. The SMILES string of the molecule is CCCCCCCCCCCCS(=O)(=O)Nc1ccc(Cl)c(C(=O)Nc2cc(NC(=O)c3cc(NS(=O)(=O)CCCCCCCCCCCC)ccc3Cl)cc(-c3nc4cc(OC)nn4[nH]3)c2)c1. The van der Waals surface area contributed by atoms with Crippen LogP contribution in [-0.4, -0.2) is 67.1 Å². The van der Waals surface area contributed by atoms with Gasteiger partial charge in [0.1, 0.15) is 0 Å². The van der Waals surface area contributed by atoms with Crippen molar-refractivity contribution in [3.8, 4) is 17.3 Å². The molecule has 0 aliphatic rings. The van der Waals surface area contributed by atoms with Crippen molar-refractivity contribution >= 4 is 83.5 Å². The Morgan fingerprint density at radius 2 is 0.985 bits per heavy atom. The summed E-state index contributed by atoms with van der Waals surface area (Å²) in [4.78, 5) is 32.3. The van der Waals surface area contributed by atoms with E-state index in [4.69, 9.17) is 27.9 Å². The maximum atomic E-state index is 13.9. The number of nitrogens with zero attached hydrogens (tertiary/aromatic N) is 3. The zero-order valence-electron chi connectivity index (χ0n) is 39.6. The van der Waals surface area contributed by atoms with Crippen molar-refractivity contribution in [3.05, 3.63) is 81.8 Å². The molecule has 19 heteroatoms. The van der Waals surface area contributed by atoms with Gasteiger partial charge in [0, 0.05) is 34.4 Å². The molecule has 0 bridgehead atoms. The standard InChI is InChI=1S/C49H68Cl2N8O7S2/c1-4-6-8-10-12-14-16-18-20-22-28-67(62,63)57-37-24-26-43(50)41(33-37)48(60)52-39-30-36(47-54-45-35-46(66-3)55-59(45)56-47)31-40(32-39)53-49(61)42-34-38(25-27-44(42)51)58-68(64,65)29-23-21-19-17-15-13-11-9-7-5-2/h24-27,30-35,57-58H,4-23,28-29H2,1-3H3,(H,52,60)(H,53,61)(H,54,56). The lowest BCUT2D eigenvalue weighted by Gasteiger charge is -2.14. The van der Waals surface area contributed by atoms with E-state index in [1.54, 1.807) is 18.2 Å². The van der Waals surface area contributed by atoms with Crippen LogP contribution in [-0.2, 0) is 20.0 Å². The third-order valence-electron chi connectivity index (χ3n) is 11.5. The predicted molar refractivity (Wildman–Crippen MR) is 277 cm³/mol. The number of anilines is 4. The highest BCUT2D eigenvalue weighted by Gasteiger charge is 2.20. The Labute approximate surface area is 412 Å². The van der Waals surface area contributed by atoms with Crippen molar-refractivity contribution in [1.82, 2.24) is 19.8 Å². The van der Waals surface area contributed by atoms with Crippen molar-refractivity contribution in [2.45, 2.75) is 142 Å². The van der Waals surface area contributed by atoms with Gasteiger partial charge in [-0.3, -0.25) is 24.1 Å². The monoisotopic (exact) mass is 1010 g/mol. The molecule has 0 radical (unpaired) electrons. The molecule has 5 N–H and O–H groups in total. The summed E-state index contributed by atoms with van der Waals surface area (Å²) in [6.45, 7) is 4.40. The molecule has 5 aromatic rings. The number of carbonyl (C=O) groups excluding carboxylic acids is 2. The largest absolute Gasteiger partial charge is 0.480 e. The first-order valence-electron chi connectivity index (χ1n) is 24.1. The quantitative estimate of drug-likeness (QED) is 0.0259. The third kappa shape index (κ3) is 17.9. The van der Waals surface area contributed by atoms with E-state index in [0.717, 1.165) is 51.4 Å². The molecule has 0 spiro atoms. The minimum absolute atomic E-state index is 0.00423. The normalized spacial score (nSPS) is 11.8. The van der Waals surface area contributed by atoms with Gasteiger partial charge in [-0.1, -0.05) is 153 Å². The molecule has 2 amide bonds. The van der Waals surface area contributed by atoms with E-state index in [-0.39, 0.29) is 55.4 Å². The lowest BCUT2D eigenvalue weighted by molar-refractivity contribution is 0.101. The number of hydrogen-bond donors (Lipinski definition) is 5. The third-order valence-corrected chi connectivity index (χ3v) is 14.9. The average Bonchev–Trinajstić information content (AvgIpc) is 3.89. The van der Waals surface area contributed by atoms with E-state index in [1.165, 1.54) is 118 Å². The Morgan fingerprint density at radius 1 is 0.574 bits per heavy atom. The topological polar surface area (TPSA) is 206 Å². The summed E-state index contributed by atoms with van der Waals surface area (Å²) in [5.41, 5.74) is 1.69. The Bertz CT molecular complexity index is 2470. The number of sulfonamides is 2. The number of aromatic nitrogens is 4. The fraction of sp³-hybridized carbons (Fsp3) is 0.510. The van der Waals surface area contributed by atoms with Crippen LogP contribution in [0.4, 0.5) is 22.7 Å². The number of benzene rings is 3. The van der Waals surface area contributed by atoms with Gasteiger partial charge in [-0.15, -0.1) is 5.10 Å². The Kier molecular flexibility index (Phi) is 21.8. The first-order valence-corrected chi connectivity index (χ1v) is 28.1. The summed E-state index contributed by atoms with van der Waals surface area (Å²) in [6, 6.07) is 15.0. The summed E-state index contributed by atoms with van der Waals surface area (Å²) >= 11 is 13.0. The van der Waals surface area contributed by atoms with E-state index >= 15 is 0 Å². The van der Waals surface area contributed by atoms with Gasteiger partial charge in [-0.2, -0.15) is 4.63 Å².